The predicted molar refractivity (Wildman–Crippen MR) is 105 cm³/mol. The summed E-state index contributed by atoms with van der Waals surface area (Å²) in [6, 6.07) is 15.0. The molecule has 1 fully saturated rings. The number of nitrogens with zero attached hydrogens (tertiary/aromatic N) is 1. The Kier molecular flexibility index (Phi) is 5.21. The first-order valence-corrected chi connectivity index (χ1v) is 9.50. The number of piperidine rings is 1. The van der Waals surface area contributed by atoms with E-state index in [4.69, 9.17) is 0 Å². The maximum absolute atomic E-state index is 13.2. The summed E-state index contributed by atoms with van der Waals surface area (Å²) in [5.41, 5.74) is 3.15. The van der Waals surface area contributed by atoms with Gasteiger partial charge in [-0.1, -0.05) is 30.3 Å². The molecule has 4 nitrogen and oxygen atoms in total. The third-order valence-electron chi connectivity index (χ3n) is 5.19. The Labute approximate surface area is 158 Å². The highest BCUT2D eigenvalue weighted by Gasteiger charge is 2.17. The summed E-state index contributed by atoms with van der Waals surface area (Å²) >= 11 is 0. The summed E-state index contributed by atoms with van der Waals surface area (Å²) in [5.74, 6) is -0.155. The number of aromatic nitrogens is 1. The molecule has 1 amide bonds. The van der Waals surface area contributed by atoms with Crippen LogP contribution in [0.25, 0.3) is 10.9 Å². The normalized spacial score (nSPS) is 15.1. The molecule has 2 N–H and O–H groups in total. The zero-order valence-electron chi connectivity index (χ0n) is 15.2. The van der Waals surface area contributed by atoms with Gasteiger partial charge in [0.15, 0.2) is 0 Å². The zero-order chi connectivity index (χ0) is 18.6. The lowest BCUT2D eigenvalue weighted by molar-refractivity contribution is -0.121. The minimum atomic E-state index is -0.230. The van der Waals surface area contributed by atoms with Gasteiger partial charge in [0, 0.05) is 29.7 Å². The standard InChI is InChI=1S/C22H24FN3O/c23-18-7-5-16(6-8-18)14-26-15-17(20-3-1-2-4-21(20)26)13-22(27)25-19-9-11-24-12-10-19/h1-8,15,19,24H,9-14H2,(H,25,27). The second kappa shape index (κ2) is 7.92. The number of para-hydroxylation sites is 1. The van der Waals surface area contributed by atoms with E-state index in [-0.39, 0.29) is 17.8 Å². The van der Waals surface area contributed by atoms with Crippen LogP contribution in [-0.4, -0.2) is 29.6 Å². The monoisotopic (exact) mass is 365 g/mol. The Bertz CT molecular complexity index is 926. The van der Waals surface area contributed by atoms with Gasteiger partial charge >= 0.3 is 0 Å². The molecule has 3 aromatic rings. The quantitative estimate of drug-likeness (QED) is 0.729. The van der Waals surface area contributed by atoms with Crippen LogP contribution in [0.5, 0.6) is 0 Å². The largest absolute Gasteiger partial charge is 0.353 e. The molecule has 0 unspecified atom stereocenters. The second-order valence-electron chi connectivity index (χ2n) is 7.19. The fourth-order valence-corrected chi connectivity index (χ4v) is 3.80. The van der Waals surface area contributed by atoms with Crippen LogP contribution in [0, 0.1) is 5.82 Å². The van der Waals surface area contributed by atoms with Crippen molar-refractivity contribution in [3.05, 3.63) is 71.7 Å². The average Bonchev–Trinajstić information content (AvgIpc) is 3.02. The molecule has 1 aliphatic rings. The smallest absolute Gasteiger partial charge is 0.224 e. The van der Waals surface area contributed by atoms with Crippen molar-refractivity contribution in [3.8, 4) is 0 Å². The van der Waals surface area contributed by atoms with Crippen LogP contribution in [0.15, 0.2) is 54.7 Å². The number of hydrogen-bond donors (Lipinski definition) is 2. The molecule has 1 saturated heterocycles. The van der Waals surface area contributed by atoms with Gasteiger partial charge in [-0.15, -0.1) is 0 Å². The molecule has 27 heavy (non-hydrogen) atoms. The first kappa shape index (κ1) is 17.7. The molecular formula is C22H24FN3O. The highest BCUT2D eigenvalue weighted by atomic mass is 19.1. The summed E-state index contributed by atoms with van der Waals surface area (Å²) in [7, 11) is 0. The van der Waals surface area contributed by atoms with Crippen LogP contribution in [0.2, 0.25) is 0 Å². The first-order chi connectivity index (χ1) is 13.2. The summed E-state index contributed by atoms with van der Waals surface area (Å²) < 4.78 is 15.3. The maximum atomic E-state index is 13.2. The number of rotatable bonds is 5. The molecule has 0 radical (unpaired) electrons. The lowest BCUT2D eigenvalue weighted by atomic mass is 10.1. The number of amides is 1. The predicted octanol–water partition coefficient (Wildman–Crippen LogP) is 3.24. The summed E-state index contributed by atoms with van der Waals surface area (Å²) in [6.07, 6.45) is 4.40. The Morgan fingerprint density at radius 2 is 1.85 bits per heavy atom. The van der Waals surface area contributed by atoms with Crippen LogP contribution in [0.3, 0.4) is 0 Å². The summed E-state index contributed by atoms with van der Waals surface area (Å²) in [4.78, 5) is 12.5. The van der Waals surface area contributed by atoms with Gasteiger partial charge in [-0.3, -0.25) is 4.79 Å². The van der Waals surface area contributed by atoms with Crippen molar-refractivity contribution in [2.45, 2.75) is 31.8 Å². The highest BCUT2D eigenvalue weighted by Crippen LogP contribution is 2.23. The molecule has 2 heterocycles. The van der Waals surface area contributed by atoms with Crippen molar-refractivity contribution in [2.75, 3.05) is 13.1 Å². The third-order valence-corrected chi connectivity index (χ3v) is 5.19. The Hall–Kier alpha value is -2.66. The number of carbonyl (C=O) groups excluding carboxylic acids is 1. The number of benzene rings is 2. The molecule has 0 saturated carbocycles. The molecule has 1 aliphatic heterocycles. The fourth-order valence-electron chi connectivity index (χ4n) is 3.80. The van der Waals surface area contributed by atoms with E-state index in [1.54, 1.807) is 12.1 Å². The number of halogens is 1. The summed E-state index contributed by atoms with van der Waals surface area (Å²) in [6.45, 7) is 2.57. The van der Waals surface area contributed by atoms with Gasteiger partial charge in [0.05, 0.1) is 6.42 Å². The summed E-state index contributed by atoms with van der Waals surface area (Å²) in [5, 5.41) is 7.58. The van der Waals surface area contributed by atoms with Crippen molar-refractivity contribution < 1.29 is 9.18 Å². The van der Waals surface area contributed by atoms with Gasteiger partial charge in [-0.25, -0.2) is 4.39 Å². The SMILES string of the molecule is O=C(Cc1cn(Cc2ccc(F)cc2)c2ccccc12)NC1CCNCC1. The van der Waals surface area contributed by atoms with Crippen molar-refractivity contribution in [2.24, 2.45) is 0 Å². The van der Waals surface area contributed by atoms with E-state index in [0.29, 0.717) is 13.0 Å². The fraction of sp³-hybridized carbons (Fsp3) is 0.318. The number of fused-ring (bicyclic) bond motifs is 1. The van der Waals surface area contributed by atoms with E-state index in [1.165, 1.54) is 12.1 Å². The van der Waals surface area contributed by atoms with Crippen molar-refractivity contribution in [1.82, 2.24) is 15.2 Å². The molecule has 4 rings (SSSR count). The van der Waals surface area contributed by atoms with Gasteiger partial charge in [-0.05, 0) is 55.3 Å². The van der Waals surface area contributed by atoms with Crippen molar-refractivity contribution in [3.63, 3.8) is 0 Å². The molecule has 140 valence electrons. The van der Waals surface area contributed by atoms with Crippen LogP contribution in [-0.2, 0) is 17.8 Å². The van der Waals surface area contributed by atoms with Crippen LogP contribution in [0.1, 0.15) is 24.0 Å². The van der Waals surface area contributed by atoms with E-state index in [9.17, 15) is 9.18 Å². The first-order valence-electron chi connectivity index (χ1n) is 9.50. The molecule has 0 atom stereocenters. The minimum absolute atomic E-state index is 0.0755. The molecule has 0 bridgehead atoms. The van der Waals surface area contributed by atoms with Crippen LogP contribution < -0.4 is 10.6 Å². The lowest BCUT2D eigenvalue weighted by Crippen LogP contribution is -2.43. The average molecular weight is 365 g/mol. The topological polar surface area (TPSA) is 46.1 Å². The Morgan fingerprint density at radius 3 is 2.63 bits per heavy atom. The molecule has 2 aromatic carbocycles. The molecule has 1 aromatic heterocycles. The maximum Gasteiger partial charge on any atom is 0.224 e. The highest BCUT2D eigenvalue weighted by molar-refractivity contribution is 5.89. The number of nitrogens with one attached hydrogen (secondary N) is 2. The molecule has 0 aliphatic carbocycles. The van der Waals surface area contributed by atoms with E-state index < -0.39 is 0 Å². The number of hydrogen-bond acceptors (Lipinski definition) is 2. The van der Waals surface area contributed by atoms with Gasteiger partial charge in [0.2, 0.25) is 5.91 Å². The van der Waals surface area contributed by atoms with E-state index >= 15 is 0 Å². The van der Waals surface area contributed by atoms with E-state index in [0.717, 1.165) is 48.0 Å². The molecule has 5 heteroatoms. The van der Waals surface area contributed by atoms with E-state index in [2.05, 4.69) is 33.5 Å². The van der Waals surface area contributed by atoms with Crippen LogP contribution >= 0.6 is 0 Å². The van der Waals surface area contributed by atoms with Gasteiger partial charge in [0.25, 0.3) is 0 Å². The Balaban J connectivity index is 1.54. The third kappa shape index (κ3) is 4.19. The van der Waals surface area contributed by atoms with Crippen LogP contribution in [0.4, 0.5) is 4.39 Å². The van der Waals surface area contributed by atoms with Crippen molar-refractivity contribution >= 4 is 16.8 Å². The molecular weight excluding hydrogens is 341 g/mol. The second-order valence-corrected chi connectivity index (χ2v) is 7.19. The van der Waals surface area contributed by atoms with Gasteiger partial charge < -0.3 is 15.2 Å². The molecule has 0 spiro atoms. The van der Waals surface area contributed by atoms with Gasteiger partial charge in [0.1, 0.15) is 5.82 Å². The van der Waals surface area contributed by atoms with Crippen molar-refractivity contribution in [1.29, 1.82) is 0 Å². The van der Waals surface area contributed by atoms with Gasteiger partial charge in [-0.2, -0.15) is 0 Å². The number of carbonyl (C=O) groups is 1. The Morgan fingerprint density at radius 1 is 1.11 bits per heavy atom. The lowest BCUT2D eigenvalue weighted by Gasteiger charge is -2.23. The zero-order valence-corrected chi connectivity index (χ0v) is 15.2. The van der Waals surface area contributed by atoms with E-state index in [1.807, 2.05) is 12.1 Å². The minimum Gasteiger partial charge on any atom is -0.353 e.